The SMILES string of the molecule is FC(F)(F)/C=C/C(F)(F)C(F)(F)C(F)(C(F)(F)F)C(F)(F)F. The van der Waals surface area contributed by atoms with Crippen LogP contribution in [0.2, 0.25) is 0 Å². The van der Waals surface area contributed by atoms with E-state index >= 15 is 0 Å². The van der Waals surface area contributed by atoms with Crippen LogP contribution in [-0.4, -0.2) is 36.0 Å². The van der Waals surface area contributed by atoms with Crippen LogP contribution in [-0.2, 0) is 0 Å². The highest BCUT2D eigenvalue weighted by molar-refractivity contribution is 5.17. The molecule has 0 atom stereocenters. The van der Waals surface area contributed by atoms with Crippen molar-refractivity contribution in [1.29, 1.82) is 0 Å². The summed E-state index contributed by atoms with van der Waals surface area (Å²) >= 11 is 0. The van der Waals surface area contributed by atoms with Gasteiger partial charge in [-0.2, -0.15) is 57.1 Å². The lowest BCUT2D eigenvalue weighted by molar-refractivity contribution is -0.420. The van der Waals surface area contributed by atoms with Crippen LogP contribution in [0, 0.1) is 0 Å². The average Bonchev–Trinajstić information content (AvgIpc) is 2.20. The van der Waals surface area contributed by atoms with Crippen LogP contribution in [0.3, 0.4) is 0 Å². The number of rotatable bonds is 3. The molecule has 0 heterocycles. The van der Waals surface area contributed by atoms with Crippen LogP contribution >= 0.6 is 0 Å². The number of hydrogen-bond acceptors (Lipinski definition) is 0. The summed E-state index contributed by atoms with van der Waals surface area (Å²) in [5.41, 5.74) is -7.77. The maximum Gasteiger partial charge on any atom is 0.438 e. The summed E-state index contributed by atoms with van der Waals surface area (Å²) in [6.45, 7) is 0. The third-order valence-corrected chi connectivity index (χ3v) is 2.11. The second kappa shape index (κ2) is 5.15. The predicted molar refractivity (Wildman–Crippen MR) is 41.0 cm³/mol. The number of halogens is 14. The third-order valence-electron chi connectivity index (χ3n) is 2.11. The summed E-state index contributed by atoms with van der Waals surface area (Å²) in [7, 11) is 0. The Morgan fingerprint density at radius 2 is 0.773 bits per heavy atom. The molecule has 0 nitrogen and oxygen atoms in total. The normalized spacial score (nSPS) is 16.5. The molecule has 0 rings (SSSR count). The van der Waals surface area contributed by atoms with E-state index < -0.39 is 48.2 Å². The van der Waals surface area contributed by atoms with Gasteiger partial charge in [-0.3, -0.25) is 0 Å². The van der Waals surface area contributed by atoms with Gasteiger partial charge in [0, 0.05) is 6.08 Å². The lowest BCUT2D eigenvalue weighted by Crippen LogP contribution is -2.69. The van der Waals surface area contributed by atoms with Gasteiger partial charge in [-0.15, -0.1) is 0 Å². The highest BCUT2D eigenvalue weighted by atomic mass is 19.4. The molecule has 0 radical (unpaired) electrons. The Morgan fingerprint density at radius 1 is 0.455 bits per heavy atom. The van der Waals surface area contributed by atoms with Crippen LogP contribution in [0.25, 0.3) is 0 Å². The monoisotopic (exact) mass is 364 g/mol. The van der Waals surface area contributed by atoms with E-state index in [0.717, 1.165) is 0 Å². The molecule has 0 aliphatic heterocycles. The molecule has 0 amide bonds. The Hall–Kier alpha value is -1.24. The zero-order chi connectivity index (χ0) is 18.4. The van der Waals surface area contributed by atoms with E-state index in [1.54, 1.807) is 0 Å². The molecule has 0 fully saturated rings. The minimum atomic E-state index is -7.77. The molecule has 0 unspecified atom stereocenters. The van der Waals surface area contributed by atoms with Crippen LogP contribution in [0.1, 0.15) is 0 Å². The Bertz CT molecular complexity index is 404. The summed E-state index contributed by atoms with van der Waals surface area (Å²) in [4.78, 5) is 0. The number of alkyl halides is 14. The molecular formula is C8H2F14. The lowest BCUT2D eigenvalue weighted by atomic mass is 9.90. The van der Waals surface area contributed by atoms with E-state index in [2.05, 4.69) is 0 Å². The van der Waals surface area contributed by atoms with E-state index in [1.807, 2.05) is 0 Å². The molecule has 14 heteroatoms. The Morgan fingerprint density at radius 3 is 1.00 bits per heavy atom. The first-order chi connectivity index (χ1) is 9.21. The van der Waals surface area contributed by atoms with Gasteiger partial charge in [0.15, 0.2) is 0 Å². The molecular weight excluding hydrogens is 362 g/mol. The van der Waals surface area contributed by atoms with Crippen molar-refractivity contribution in [1.82, 2.24) is 0 Å². The van der Waals surface area contributed by atoms with Gasteiger partial charge in [-0.1, -0.05) is 0 Å². The first kappa shape index (κ1) is 20.8. The molecule has 0 aliphatic carbocycles. The maximum atomic E-state index is 12.9. The predicted octanol–water partition coefficient (Wildman–Crippen LogP) is 5.21. The first-order valence-electron chi connectivity index (χ1n) is 4.56. The topological polar surface area (TPSA) is 0 Å². The molecule has 0 saturated heterocycles. The molecule has 132 valence electrons. The van der Waals surface area contributed by atoms with Crippen molar-refractivity contribution in [2.45, 2.75) is 36.0 Å². The van der Waals surface area contributed by atoms with Gasteiger partial charge in [0.2, 0.25) is 0 Å². The van der Waals surface area contributed by atoms with Crippen molar-refractivity contribution in [2.75, 3.05) is 0 Å². The third kappa shape index (κ3) is 3.39. The van der Waals surface area contributed by atoms with Crippen LogP contribution in [0.5, 0.6) is 0 Å². The summed E-state index contributed by atoms with van der Waals surface area (Å²) < 4.78 is 170. The zero-order valence-corrected chi connectivity index (χ0v) is 9.45. The fourth-order valence-corrected chi connectivity index (χ4v) is 1.05. The van der Waals surface area contributed by atoms with Crippen molar-refractivity contribution in [3.63, 3.8) is 0 Å². The van der Waals surface area contributed by atoms with Gasteiger partial charge in [0.05, 0.1) is 0 Å². The highest BCUT2D eigenvalue weighted by Gasteiger charge is 2.89. The summed E-state index contributed by atoms with van der Waals surface area (Å²) in [5.74, 6) is -14.3. The van der Waals surface area contributed by atoms with Crippen molar-refractivity contribution in [3.8, 4) is 0 Å². The van der Waals surface area contributed by atoms with Crippen LogP contribution in [0.15, 0.2) is 12.2 Å². The fraction of sp³-hybridized carbons (Fsp3) is 0.750. The molecule has 0 bridgehead atoms. The number of hydrogen-bond donors (Lipinski definition) is 0. The summed E-state index contributed by atoms with van der Waals surface area (Å²) in [6, 6.07) is 0. The van der Waals surface area contributed by atoms with Gasteiger partial charge in [-0.25, -0.2) is 4.39 Å². The lowest BCUT2D eigenvalue weighted by Gasteiger charge is -2.38. The molecule has 0 aromatic carbocycles. The van der Waals surface area contributed by atoms with Crippen molar-refractivity contribution < 1.29 is 61.5 Å². The van der Waals surface area contributed by atoms with Crippen molar-refractivity contribution in [3.05, 3.63) is 12.2 Å². The molecule has 0 aromatic rings. The van der Waals surface area contributed by atoms with Gasteiger partial charge >= 0.3 is 36.0 Å². The smallest absolute Gasteiger partial charge is 0.216 e. The Balaban J connectivity index is 6.21. The molecule has 0 aromatic heterocycles. The standard InChI is InChI=1S/C8H2F14/c9-3(10,1-2-4(11,12)13)6(15,16)5(14,7(17,18)19)8(20,21)22/h1-2H/b2-1+. The number of allylic oxidation sites excluding steroid dienone is 2. The van der Waals surface area contributed by atoms with Gasteiger partial charge < -0.3 is 0 Å². The average molecular weight is 364 g/mol. The van der Waals surface area contributed by atoms with Crippen LogP contribution in [0.4, 0.5) is 61.5 Å². The minimum Gasteiger partial charge on any atom is -0.216 e. The first-order valence-corrected chi connectivity index (χ1v) is 4.56. The van der Waals surface area contributed by atoms with Gasteiger partial charge in [-0.05, 0) is 6.08 Å². The summed E-state index contributed by atoms with van der Waals surface area (Å²) in [6.07, 6.45) is -24.7. The molecule has 0 N–H and O–H groups in total. The highest BCUT2D eigenvalue weighted by Crippen LogP contribution is 2.59. The zero-order valence-electron chi connectivity index (χ0n) is 9.45. The molecule has 22 heavy (non-hydrogen) atoms. The Labute approximate surface area is 111 Å². The van der Waals surface area contributed by atoms with E-state index in [4.69, 9.17) is 0 Å². The van der Waals surface area contributed by atoms with Gasteiger partial charge in [0.25, 0.3) is 0 Å². The van der Waals surface area contributed by atoms with E-state index in [9.17, 15) is 61.5 Å². The minimum absolute atomic E-state index is 1.74. The fourth-order valence-electron chi connectivity index (χ4n) is 1.05. The largest absolute Gasteiger partial charge is 0.438 e. The molecule has 0 aliphatic rings. The molecule has 0 saturated carbocycles. The van der Waals surface area contributed by atoms with Gasteiger partial charge in [0.1, 0.15) is 0 Å². The Kier molecular flexibility index (Phi) is 4.86. The van der Waals surface area contributed by atoms with Crippen LogP contribution < -0.4 is 0 Å². The quantitative estimate of drug-likeness (QED) is 0.477. The van der Waals surface area contributed by atoms with E-state index in [1.165, 1.54) is 0 Å². The van der Waals surface area contributed by atoms with E-state index in [-0.39, 0.29) is 0 Å². The van der Waals surface area contributed by atoms with Crippen molar-refractivity contribution in [2.24, 2.45) is 0 Å². The molecule has 0 spiro atoms. The van der Waals surface area contributed by atoms with Crippen molar-refractivity contribution >= 4 is 0 Å². The second-order valence-electron chi connectivity index (χ2n) is 3.73. The second-order valence-corrected chi connectivity index (χ2v) is 3.73. The summed E-state index contributed by atoms with van der Waals surface area (Å²) in [5, 5.41) is 0. The van der Waals surface area contributed by atoms with E-state index in [0.29, 0.717) is 0 Å². The maximum absolute atomic E-state index is 12.9.